The summed E-state index contributed by atoms with van der Waals surface area (Å²) in [5, 5.41) is 2.32. The summed E-state index contributed by atoms with van der Waals surface area (Å²) in [6.07, 6.45) is 0. The van der Waals surface area contributed by atoms with E-state index in [1.54, 1.807) is 0 Å². The summed E-state index contributed by atoms with van der Waals surface area (Å²) in [5.74, 6) is -1.05. The molecule has 0 unspecified atom stereocenters. The first-order chi connectivity index (χ1) is 8.64. The summed E-state index contributed by atoms with van der Waals surface area (Å²) in [7, 11) is -1.98. The van der Waals surface area contributed by atoms with Gasteiger partial charge in [0.25, 0.3) is 0 Å². The molecule has 0 saturated carbocycles. The Morgan fingerprint density at radius 1 is 1.16 bits per heavy atom. The summed E-state index contributed by atoms with van der Waals surface area (Å²) in [5.41, 5.74) is 1.90. The van der Waals surface area contributed by atoms with Crippen molar-refractivity contribution in [1.82, 2.24) is 5.32 Å². The van der Waals surface area contributed by atoms with Gasteiger partial charge in [-0.15, -0.1) is 0 Å². The first-order valence-corrected chi connectivity index (χ1v) is 7.96. The Morgan fingerprint density at radius 3 is 2.11 bits per heavy atom. The zero-order valence-corrected chi connectivity index (χ0v) is 12.7. The number of hydrogen-bond acceptors (Lipinski definition) is 3. The highest BCUT2D eigenvalue weighted by Gasteiger charge is 2.17. The first kappa shape index (κ1) is 15.7. The first-order valence-electron chi connectivity index (χ1n) is 6.14. The third-order valence-electron chi connectivity index (χ3n) is 2.84. The highest BCUT2D eigenvalue weighted by molar-refractivity contribution is 7.91. The molecule has 4 nitrogen and oxygen atoms in total. The molecule has 106 valence electrons. The number of amides is 1. The van der Waals surface area contributed by atoms with Crippen molar-refractivity contribution in [3.8, 4) is 0 Å². The molecule has 0 aliphatic heterocycles. The van der Waals surface area contributed by atoms with Crippen LogP contribution in [-0.4, -0.2) is 27.1 Å². The molecule has 5 heteroatoms. The van der Waals surface area contributed by atoms with Gasteiger partial charge in [0.2, 0.25) is 5.91 Å². The molecule has 1 aromatic rings. The minimum absolute atomic E-state index is 0.0412. The Balaban J connectivity index is 2.81. The number of rotatable bonds is 4. The van der Waals surface area contributed by atoms with Gasteiger partial charge in [-0.2, -0.15) is 0 Å². The Morgan fingerprint density at radius 2 is 1.68 bits per heavy atom. The van der Waals surface area contributed by atoms with Gasteiger partial charge in [0.1, 0.15) is 5.75 Å². The van der Waals surface area contributed by atoms with Gasteiger partial charge >= 0.3 is 0 Å². The van der Waals surface area contributed by atoms with Crippen LogP contribution in [0.2, 0.25) is 0 Å². The molecule has 0 aromatic heterocycles. The largest absolute Gasteiger partial charge is 0.358 e. The van der Waals surface area contributed by atoms with Gasteiger partial charge in [-0.25, -0.2) is 8.42 Å². The molecule has 1 N–H and O–H groups in total. The fraction of sp³-hybridized carbons (Fsp3) is 0.500. The molecule has 1 amide bonds. The van der Waals surface area contributed by atoms with Gasteiger partial charge in [-0.3, -0.25) is 4.79 Å². The van der Waals surface area contributed by atoms with Crippen molar-refractivity contribution in [2.45, 2.75) is 31.9 Å². The second-order valence-corrected chi connectivity index (χ2v) is 7.72. The monoisotopic (exact) mass is 283 g/mol. The van der Waals surface area contributed by atoms with E-state index in [-0.39, 0.29) is 11.2 Å². The van der Waals surface area contributed by atoms with Crippen molar-refractivity contribution in [3.63, 3.8) is 0 Å². The van der Waals surface area contributed by atoms with Crippen LogP contribution in [0.5, 0.6) is 0 Å². The molecular weight excluding hydrogens is 262 g/mol. The zero-order valence-electron chi connectivity index (χ0n) is 11.9. The maximum Gasteiger partial charge on any atom is 0.234 e. The molecule has 0 aliphatic rings. The summed E-state index contributed by atoms with van der Waals surface area (Å²) in [4.78, 5) is 11.1. The molecule has 0 aliphatic carbocycles. The Bertz CT molecular complexity index is 539. The van der Waals surface area contributed by atoms with Crippen LogP contribution in [-0.2, 0) is 25.8 Å². The lowest BCUT2D eigenvalue weighted by Gasteiger charge is -2.19. The van der Waals surface area contributed by atoms with Gasteiger partial charge in [0.05, 0.1) is 5.75 Å². The predicted octanol–water partition coefficient (Wildman–Crippen LogP) is 1.64. The minimum atomic E-state index is -3.41. The van der Waals surface area contributed by atoms with Crippen LogP contribution in [0.4, 0.5) is 0 Å². The molecule has 0 bridgehead atoms. The van der Waals surface area contributed by atoms with Crippen LogP contribution in [0.3, 0.4) is 0 Å². The van der Waals surface area contributed by atoms with Crippen LogP contribution < -0.4 is 5.32 Å². The number of sulfone groups is 1. The third-order valence-corrected chi connectivity index (χ3v) is 4.31. The lowest BCUT2D eigenvalue weighted by Crippen LogP contribution is -2.27. The van der Waals surface area contributed by atoms with Crippen LogP contribution in [0.1, 0.15) is 31.9 Å². The highest BCUT2D eigenvalue weighted by atomic mass is 32.2. The number of carbonyl (C=O) groups is 1. The standard InChI is InChI=1S/C14H21NO3S/c1-14(2,3)12-7-5-11(6-8-12)9-19(17,18)10-13(16)15-4/h5-8H,9-10H2,1-4H3,(H,15,16). The maximum atomic E-state index is 11.8. The van der Waals surface area contributed by atoms with Gasteiger partial charge < -0.3 is 5.32 Å². The van der Waals surface area contributed by atoms with Crippen molar-refractivity contribution in [1.29, 1.82) is 0 Å². The summed E-state index contributed by atoms with van der Waals surface area (Å²) in [6.45, 7) is 6.30. The smallest absolute Gasteiger partial charge is 0.234 e. The lowest BCUT2D eigenvalue weighted by atomic mass is 9.87. The van der Waals surface area contributed by atoms with E-state index < -0.39 is 21.5 Å². The molecule has 0 atom stereocenters. The van der Waals surface area contributed by atoms with Gasteiger partial charge in [-0.05, 0) is 16.5 Å². The van der Waals surface area contributed by atoms with Crippen LogP contribution in [0, 0.1) is 0 Å². The van der Waals surface area contributed by atoms with E-state index >= 15 is 0 Å². The minimum Gasteiger partial charge on any atom is -0.358 e. The van der Waals surface area contributed by atoms with E-state index in [1.807, 2.05) is 24.3 Å². The summed E-state index contributed by atoms with van der Waals surface area (Å²) in [6, 6.07) is 7.49. The van der Waals surface area contributed by atoms with E-state index in [4.69, 9.17) is 0 Å². The average molecular weight is 283 g/mol. The quantitative estimate of drug-likeness (QED) is 0.913. The fourth-order valence-electron chi connectivity index (χ4n) is 1.68. The Hall–Kier alpha value is -1.36. The van der Waals surface area contributed by atoms with Crippen molar-refractivity contribution in [2.75, 3.05) is 12.8 Å². The van der Waals surface area contributed by atoms with Gasteiger partial charge in [0.15, 0.2) is 9.84 Å². The fourth-order valence-corrected chi connectivity index (χ4v) is 3.02. The van der Waals surface area contributed by atoms with Crippen LogP contribution in [0.25, 0.3) is 0 Å². The Kier molecular flexibility index (Phi) is 4.74. The van der Waals surface area contributed by atoms with E-state index in [2.05, 4.69) is 26.1 Å². The predicted molar refractivity (Wildman–Crippen MR) is 76.7 cm³/mol. The van der Waals surface area contributed by atoms with E-state index in [1.165, 1.54) is 7.05 Å². The van der Waals surface area contributed by atoms with E-state index in [0.29, 0.717) is 5.56 Å². The molecule has 0 heterocycles. The van der Waals surface area contributed by atoms with Crippen LogP contribution in [0.15, 0.2) is 24.3 Å². The second-order valence-electron chi connectivity index (χ2n) is 5.65. The maximum absolute atomic E-state index is 11.8. The average Bonchev–Trinajstić information content (AvgIpc) is 2.27. The summed E-state index contributed by atoms with van der Waals surface area (Å²) < 4.78 is 23.6. The molecule has 0 saturated heterocycles. The highest BCUT2D eigenvalue weighted by Crippen LogP contribution is 2.22. The van der Waals surface area contributed by atoms with Crippen molar-refractivity contribution >= 4 is 15.7 Å². The lowest BCUT2D eigenvalue weighted by molar-refractivity contribution is -0.118. The van der Waals surface area contributed by atoms with Crippen LogP contribution >= 0.6 is 0 Å². The third kappa shape index (κ3) is 5.03. The number of nitrogens with one attached hydrogen (secondary N) is 1. The number of hydrogen-bond donors (Lipinski definition) is 1. The summed E-state index contributed by atoms with van der Waals surface area (Å²) >= 11 is 0. The number of benzene rings is 1. The molecule has 0 fully saturated rings. The molecular formula is C14H21NO3S. The van der Waals surface area contributed by atoms with Crippen molar-refractivity contribution in [2.24, 2.45) is 0 Å². The van der Waals surface area contributed by atoms with Crippen molar-refractivity contribution in [3.05, 3.63) is 35.4 Å². The number of carbonyl (C=O) groups excluding carboxylic acids is 1. The Labute approximate surface area is 115 Å². The molecule has 0 radical (unpaired) electrons. The van der Waals surface area contributed by atoms with E-state index in [9.17, 15) is 13.2 Å². The molecule has 19 heavy (non-hydrogen) atoms. The SMILES string of the molecule is CNC(=O)CS(=O)(=O)Cc1ccc(C(C)(C)C)cc1. The van der Waals surface area contributed by atoms with Gasteiger partial charge in [-0.1, -0.05) is 45.0 Å². The molecule has 1 rings (SSSR count). The van der Waals surface area contributed by atoms with Gasteiger partial charge in [0, 0.05) is 7.05 Å². The van der Waals surface area contributed by atoms with Crippen molar-refractivity contribution < 1.29 is 13.2 Å². The second kappa shape index (κ2) is 5.74. The normalized spacial score (nSPS) is 12.2. The topological polar surface area (TPSA) is 63.2 Å². The zero-order chi connectivity index (χ0) is 14.7. The molecule has 0 spiro atoms. The molecule has 1 aromatic carbocycles. The van der Waals surface area contributed by atoms with E-state index in [0.717, 1.165) is 5.56 Å².